The molecule has 1 fully saturated rings. The molecular formula is C19H19F3N4O2. The average molecular weight is 392 g/mol. The monoisotopic (exact) mass is 392 g/mol. The molecule has 0 bridgehead atoms. The van der Waals surface area contributed by atoms with Crippen molar-refractivity contribution in [2.24, 2.45) is 0 Å². The van der Waals surface area contributed by atoms with Crippen molar-refractivity contribution in [3.05, 3.63) is 59.0 Å². The summed E-state index contributed by atoms with van der Waals surface area (Å²) >= 11 is 0. The van der Waals surface area contributed by atoms with Gasteiger partial charge in [-0.15, -0.1) is 0 Å². The van der Waals surface area contributed by atoms with E-state index in [-0.39, 0.29) is 17.4 Å². The number of carbonyl (C=O) groups excluding carboxylic acids is 2. The van der Waals surface area contributed by atoms with Crippen LogP contribution in [-0.2, 0) is 0 Å². The minimum Gasteiger partial charge on any atom is -0.335 e. The molecule has 0 radical (unpaired) electrons. The minimum atomic E-state index is -1.31. The van der Waals surface area contributed by atoms with Gasteiger partial charge >= 0.3 is 0 Å². The number of carbonyl (C=O) groups is 2. The summed E-state index contributed by atoms with van der Waals surface area (Å²) < 4.78 is 40.9. The highest BCUT2D eigenvalue weighted by molar-refractivity contribution is 6.05. The van der Waals surface area contributed by atoms with Crippen LogP contribution in [0, 0.1) is 17.5 Å². The van der Waals surface area contributed by atoms with Crippen LogP contribution >= 0.6 is 0 Å². The van der Waals surface area contributed by atoms with Crippen molar-refractivity contribution in [3.8, 4) is 0 Å². The molecule has 0 unspecified atom stereocenters. The molecule has 1 aromatic heterocycles. The molecule has 1 aliphatic heterocycles. The Balaban J connectivity index is 1.83. The lowest BCUT2D eigenvalue weighted by molar-refractivity contribution is 0.0658. The number of rotatable bonds is 3. The second kappa shape index (κ2) is 7.97. The fourth-order valence-corrected chi connectivity index (χ4v) is 2.92. The van der Waals surface area contributed by atoms with Crippen LogP contribution in [0.5, 0.6) is 0 Å². The molecule has 1 saturated heterocycles. The SMILES string of the molecule is CN1CCN(C(=O)c2cccc(N(C)C(=O)c3c(F)cc(F)cc3F)n2)CC1. The van der Waals surface area contributed by atoms with Gasteiger partial charge in [0.05, 0.1) is 0 Å². The maximum Gasteiger partial charge on any atom is 0.272 e. The largest absolute Gasteiger partial charge is 0.335 e. The molecule has 0 atom stereocenters. The second-order valence-electron chi connectivity index (χ2n) is 6.59. The van der Waals surface area contributed by atoms with Gasteiger partial charge in [0, 0.05) is 45.4 Å². The van der Waals surface area contributed by atoms with E-state index in [0.29, 0.717) is 25.2 Å². The van der Waals surface area contributed by atoms with Crippen LogP contribution in [0.3, 0.4) is 0 Å². The van der Waals surface area contributed by atoms with Gasteiger partial charge in [-0.3, -0.25) is 14.5 Å². The van der Waals surface area contributed by atoms with Crippen LogP contribution in [-0.4, -0.2) is 66.9 Å². The Kier molecular flexibility index (Phi) is 5.64. The lowest BCUT2D eigenvalue weighted by Gasteiger charge is -2.32. The molecule has 1 aromatic carbocycles. The summed E-state index contributed by atoms with van der Waals surface area (Å²) in [4.78, 5) is 34.0. The molecule has 28 heavy (non-hydrogen) atoms. The Labute approximate surface area is 160 Å². The first kappa shape index (κ1) is 19.8. The van der Waals surface area contributed by atoms with E-state index in [1.54, 1.807) is 4.90 Å². The number of pyridine rings is 1. The van der Waals surface area contributed by atoms with Gasteiger partial charge in [-0.1, -0.05) is 6.07 Å². The number of piperazine rings is 1. The normalized spacial score (nSPS) is 14.8. The van der Waals surface area contributed by atoms with Crippen LogP contribution in [0.1, 0.15) is 20.8 Å². The predicted octanol–water partition coefficient (Wildman–Crippen LogP) is 2.16. The zero-order valence-corrected chi connectivity index (χ0v) is 15.5. The summed E-state index contributed by atoms with van der Waals surface area (Å²) in [5.74, 6) is -5.00. The number of halogens is 3. The zero-order chi connectivity index (χ0) is 20.4. The number of amides is 2. The number of anilines is 1. The number of aromatic nitrogens is 1. The van der Waals surface area contributed by atoms with Crippen molar-refractivity contribution in [3.63, 3.8) is 0 Å². The molecule has 148 valence electrons. The smallest absolute Gasteiger partial charge is 0.272 e. The van der Waals surface area contributed by atoms with Crippen LogP contribution in [0.25, 0.3) is 0 Å². The highest BCUT2D eigenvalue weighted by Crippen LogP contribution is 2.20. The third kappa shape index (κ3) is 3.99. The van der Waals surface area contributed by atoms with Crippen molar-refractivity contribution >= 4 is 17.6 Å². The second-order valence-corrected chi connectivity index (χ2v) is 6.59. The summed E-state index contributed by atoms with van der Waals surface area (Å²) in [5.41, 5.74) is -0.761. The average Bonchev–Trinajstić information content (AvgIpc) is 2.66. The Morgan fingerprint density at radius 3 is 2.25 bits per heavy atom. The molecule has 0 aliphatic carbocycles. The maximum absolute atomic E-state index is 13.9. The summed E-state index contributed by atoms with van der Waals surface area (Å²) in [6, 6.07) is 5.36. The maximum atomic E-state index is 13.9. The Morgan fingerprint density at radius 2 is 1.64 bits per heavy atom. The first-order chi connectivity index (χ1) is 13.3. The number of hydrogen-bond acceptors (Lipinski definition) is 4. The predicted molar refractivity (Wildman–Crippen MR) is 96.7 cm³/mol. The van der Waals surface area contributed by atoms with E-state index in [2.05, 4.69) is 9.88 Å². The highest BCUT2D eigenvalue weighted by Gasteiger charge is 2.25. The number of likely N-dealkylation sites (N-methyl/N-ethyl adjacent to an activating group) is 1. The van der Waals surface area contributed by atoms with E-state index in [4.69, 9.17) is 0 Å². The molecule has 2 aromatic rings. The molecule has 3 rings (SSSR count). The lowest BCUT2D eigenvalue weighted by Crippen LogP contribution is -2.47. The van der Waals surface area contributed by atoms with Crippen molar-refractivity contribution in [1.82, 2.24) is 14.8 Å². The minimum absolute atomic E-state index is 0.0492. The summed E-state index contributed by atoms with van der Waals surface area (Å²) in [6.45, 7) is 2.60. The molecule has 0 saturated carbocycles. The summed E-state index contributed by atoms with van der Waals surface area (Å²) in [6.07, 6.45) is 0. The van der Waals surface area contributed by atoms with Crippen LogP contribution in [0.2, 0.25) is 0 Å². The van der Waals surface area contributed by atoms with Gasteiger partial charge in [0.25, 0.3) is 11.8 Å². The standard InChI is InChI=1S/C19H19F3N4O2/c1-24-6-8-26(9-7-24)18(27)15-4-3-5-16(23-15)25(2)19(28)17-13(21)10-12(20)11-14(17)22/h3-5,10-11H,6-9H2,1-2H3. The molecule has 2 amide bonds. The van der Waals surface area contributed by atoms with Gasteiger partial charge in [-0.25, -0.2) is 18.2 Å². The Morgan fingerprint density at radius 1 is 1.04 bits per heavy atom. The van der Waals surface area contributed by atoms with E-state index in [9.17, 15) is 22.8 Å². The fraction of sp³-hybridized carbons (Fsp3) is 0.316. The first-order valence-corrected chi connectivity index (χ1v) is 8.65. The zero-order valence-electron chi connectivity index (χ0n) is 15.5. The third-order valence-electron chi connectivity index (χ3n) is 4.61. The lowest BCUT2D eigenvalue weighted by atomic mass is 10.1. The third-order valence-corrected chi connectivity index (χ3v) is 4.61. The quantitative estimate of drug-likeness (QED) is 0.804. The van der Waals surface area contributed by atoms with E-state index in [0.717, 1.165) is 18.0 Å². The van der Waals surface area contributed by atoms with Gasteiger partial charge < -0.3 is 9.80 Å². The van der Waals surface area contributed by atoms with Gasteiger partial charge in [0.1, 0.15) is 34.5 Å². The van der Waals surface area contributed by atoms with Crippen molar-refractivity contribution < 1.29 is 22.8 Å². The first-order valence-electron chi connectivity index (χ1n) is 8.65. The van der Waals surface area contributed by atoms with Gasteiger partial charge in [-0.05, 0) is 19.2 Å². The topological polar surface area (TPSA) is 56.8 Å². The number of nitrogens with zero attached hydrogens (tertiary/aromatic N) is 4. The van der Waals surface area contributed by atoms with Crippen molar-refractivity contribution in [2.45, 2.75) is 0 Å². The van der Waals surface area contributed by atoms with E-state index < -0.39 is 28.9 Å². The molecule has 6 nitrogen and oxygen atoms in total. The Hall–Kier alpha value is -2.94. The molecular weight excluding hydrogens is 373 g/mol. The van der Waals surface area contributed by atoms with E-state index in [1.807, 2.05) is 7.05 Å². The van der Waals surface area contributed by atoms with Crippen LogP contribution < -0.4 is 4.90 Å². The van der Waals surface area contributed by atoms with Crippen LogP contribution in [0.4, 0.5) is 19.0 Å². The van der Waals surface area contributed by atoms with Gasteiger partial charge in [-0.2, -0.15) is 0 Å². The van der Waals surface area contributed by atoms with Gasteiger partial charge in [0.15, 0.2) is 0 Å². The van der Waals surface area contributed by atoms with Crippen molar-refractivity contribution in [1.29, 1.82) is 0 Å². The molecule has 9 heteroatoms. The number of benzene rings is 1. The molecule has 0 N–H and O–H groups in total. The van der Waals surface area contributed by atoms with Crippen LogP contribution in [0.15, 0.2) is 30.3 Å². The van der Waals surface area contributed by atoms with E-state index >= 15 is 0 Å². The van der Waals surface area contributed by atoms with Gasteiger partial charge in [0.2, 0.25) is 0 Å². The van der Waals surface area contributed by atoms with E-state index in [1.165, 1.54) is 25.2 Å². The highest BCUT2D eigenvalue weighted by atomic mass is 19.1. The summed E-state index contributed by atoms with van der Waals surface area (Å²) in [7, 11) is 3.24. The summed E-state index contributed by atoms with van der Waals surface area (Å²) in [5, 5.41) is 0. The number of hydrogen-bond donors (Lipinski definition) is 0. The molecule has 0 spiro atoms. The molecule has 1 aliphatic rings. The molecule has 2 heterocycles. The van der Waals surface area contributed by atoms with Crippen molar-refractivity contribution in [2.75, 3.05) is 45.2 Å². The fourth-order valence-electron chi connectivity index (χ4n) is 2.92. The Bertz CT molecular complexity index is 891.